The van der Waals surface area contributed by atoms with Crippen molar-refractivity contribution in [3.8, 4) is 0 Å². The van der Waals surface area contributed by atoms with Gasteiger partial charge < -0.3 is 5.43 Å². The molecule has 3 rings (SSSR count). The first kappa shape index (κ1) is 11.1. The Bertz CT molecular complexity index is 567. The van der Waals surface area contributed by atoms with Crippen molar-refractivity contribution in [1.82, 2.24) is 20.8 Å². The van der Waals surface area contributed by atoms with Gasteiger partial charge in [0.25, 0.3) is 0 Å². The number of hydrogen-bond donors (Lipinski definition) is 2. The molecule has 1 atom stereocenters. The van der Waals surface area contributed by atoms with Gasteiger partial charge in [0.15, 0.2) is 5.84 Å². The molecule has 0 amide bonds. The van der Waals surface area contributed by atoms with Crippen LogP contribution >= 0.6 is 11.6 Å². The van der Waals surface area contributed by atoms with Crippen LogP contribution in [0.2, 0.25) is 5.02 Å². The fraction of sp³-hybridized carbons (Fsp3) is 0.0833. The van der Waals surface area contributed by atoms with Gasteiger partial charge in [-0.3, -0.25) is 4.98 Å². The van der Waals surface area contributed by atoms with E-state index in [0.29, 0.717) is 16.6 Å². The molecule has 1 aromatic heterocycles. The summed E-state index contributed by atoms with van der Waals surface area (Å²) in [5.74, 6) is 0.683. The Hall–Kier alpha value is -1.98. The topological polar surface area (TPSA) is 62.2 Å². The monoisotopic (exact) mass is 259 g/mol. The number of halogens is 1. The average molecular weight is 260 g/mol. The third-order valence-electron chi connectivity index (χ3n) is 2.58. The van der Waals surface area contributed by atoms with Crippen LogP contribution in [0.1, 0.15) is 17.4 Å². The first-order chi connectivity index (χ1) is 8.83. The van der Waals surface area contributed by atoms with E-state index in [-0.39, 0.29) is 6.17 Å². The van der Waals surface area contributed by atoms with Crippen molar-refractivity contribution in [3.63, 3.8) is 0 Å². The molecule has 1 aliphatic heterocycles. The zero-order valence-corrected chi connectivity index (χ0v) is 10.1. The Morgan fingerprint density at radius 2 is 1.94 bits per heavy atom. The Labute approximate surface area is 109 Å². The molecule has 0 aliphatic carbocycles. The number of benzene rings is 1. The second-order valence-electron chi connectivity index (χ2n) is 3.79. The molecule has 0 saturated carbocycles. The number of nitrogens with one attached hydrogen (secondary N) is 2. The molecule has 0 fully saturated rings. The van der Waals surface area contributed by atoms with Crippen molar-refractivity contribution in [2.45, 2.75) is 6.17 Å². The van der Waals surface area contributed by atoms with E-state index in [0.717, 1.165) is 5.56 Å². The Balaban J connectivity index is 1.85. The van der Waals surface area contributed by atoms with E-state index in [2.05, 4.69) is 25.8 Å². The van der Waals surface area contributed by atoms with Crippen molar-refractivity contribution in [2.24, 2.45) is 4.99 Å². The van der Waals surface area contributed by atoms with Crippen LogP contribution < -0.4 is 10.9 Å². The SMILES string of the molecule is Clc1ccc([C@@H]2N=C(c3cnccn3)NN2)cc1. The molecular formula is C12H10ClN5. The molecule has 1 aliphatic rings. The Morgan fingerprint density at radius 1 is 1.11 bits per heavy atom. The van der Waals surface area contributed by atoms with Gasteiger partial charge in [-0.15, -0.1) is 0 Å². The molecule has 18 heavy (non-hydrogen) atoms. The van der Waals surface area contributed by atoms with Crippen molar-refractivity contribution in [3.05, 3.63) is 59.1 Å². The first-order valence-electron chi connectivity index (χ1n) is 5.44. The number of aliphatic imine (C=N–C) groups is 1. The molecule has 90 valence electrons. The highest BCUT2D eigenvalue weighted by Crippen LogP contribution is 2.19. The smallest absolute Gasteiger partial charge is 0.165 e. The van der Waals surface area contributed by atoms with Gasteiger partial charge in [-0.25, -0.2) is 15.4 Å². The summed E-state index contributed by atoms with van der Waals surface area (Å²) in [5, 5.41) is 0.711. The van der Waals surface area contributed by atoms with Gasteiger partial charge in [0.1, 0.15) is 11.9 Å². The Morgan fingerprint density at radius 3 is 2.67 bits per heavy atom. The number of nitrogens with zero attached hydrogens (tertiary/aromatic N) is 3. The van der Waals surface area contributed by atoms with Gasteiger partial charge in [-0.1, -0.05) is 23.7 Å². The normalized spacial score (nSPS) is 18.3. The van der Waals surface area contributed by atoms with E-state index in [1.807, 2.05) is 24.3 Å². The largest absolute Gasteiger partial charge is 0.302 e. The molecular weight excluding hydrogens is 250 g/mol. The van der Waals surface area contributed by atoms with Crippen molar-refractivity contribution < 1.29 is 0 Å². The lowest BCUT2D eigenvalue weighted by Crippen LogP contribution is -2.32. The summed E-state index contributed by atoms with van der Waals surface area (Å²) in [4.78, 5) is 12.7. The lowest BCUT2D eigenvalue weighted by atomic mass is 10.2. The van der Waals surface area contributed by atoms with Crippen LogP contribution in [0, 0.1) is 0 Å². The van der Waals surface area contributed by atoms with E-state index < -0.39 is 0 Å². The maximum Gasteiger partial charge on any atom is 0.165 e. The number of aromatic nitrogens is 2. The molecule has 0 radical (unpaired) electrons. The number of amidine groups is 1. The fourth-order valence-corrected chi connectivity index (χ4v) is 1.81. The number of hydrazine groups is 1. The minimum atomic E-state index is -0.140. The van der Waals surface area contributed by atoms with Crippen LogP contribution in [-0.2, 0) is 0 Å². The van der Waals surface area contributed by atoms with Crippen LogP contribution in [-0.4, -0.2) is 15.8 Å². The molecule has 0 unspecified atom stereocenters. The minimum absolute atomic E-state index is 0.140. The molecule has 0 bridgehead atoms. The second kappa shape index (κ2) is 4.72. The molecule has 2 heterocycles. The van der Waals surface area contributed by atoms with Crippen LogP contribution in [0.25, 0.3) is 0 Å². The molecule has 1 aromatic carbocycles. The summed E-state index contributed by atoms with van der Waals surface area (Å²) in [6.45, 7) is 0. The van der Waals surface area contributed by atoms with Crippen molar-refractivity contribution in [2.75, 3.05) is 0 Å². The van der Waals surface area contributed by atoms with E-state index >= 15 is 0 Å². The van der Waals surface area contributed by atoms with Crippen molar-refractivity contribution in [1.29, 1.82) is 0 Å². The third-order valence-corrected chi connectivity index (χ3v) is 2.83. The van der Waals surface area contributed by atoms with E-state index in [1.54, 1.807) is 18.6 Å². The quantitative estimate of drug-likeness (QED) is 0.862. The van der Waals surface area contributed by atoms with Gasteiger partial charge in [0.05, 0.1) is 6.20 Å². The molecule has 2 N–H and O–H groups in total. The molecule has 5 nitrogen and oxygen atoms in total. The molecule has 0 saturated heterocycles. The third kappa shape index (κ3) is 2.18. The van der Waals surface area contributed by atoms with Gasteiger partial charge in [0, 0.05) is 17.4 Å². The lowest BCUT2D eigenvalue weighted by Gasteiger charge is -2.06. The van der Waals surface area contributed by atoms with Gasteiger partial charge >= 0.3 is 0 Å². The van der Waals surface area contributed by atoms with Gasteiger partial charge in [-0.2, -0.15) is 0 Å². The summed E-state index contributed by atoms with van der Waals surface area (Å²) in [7, 11) is 0. The van der Waals surface area contributed by atoms with E-state index in [4.69, 9.17) is 11.6 Å². The summed E-state index contributed by atoms with van der Waals surface area (Å²) in [6.07, 6.45) is 4.79. The zero-order chi connectivity index (χ0) is 12.4. The van der Waals surface area contributed by atoms with E-state index in [9.17, 15) is 0 Å². The van der Waals surface area contributed by atoms with Gasteiger partial charge in [0.2, 0.25) is 0 Å². The predicted molar refractivity (Wildman–Crippen MR) is 69.0 cm³/mol. The molecule has 6 heteroatoms. The highest BCUT2D eigenvalue weighted by Gasteiger charge is 2.19. The number of hydrogen-bond acceptors (Lipinski definition) is 5. The van der Waals surface area contributed by atoms with Crippen LogP contribution in [0.4, 0.5) is 0 Å². The summed E-state index contributed by atoms with van der Waals surface area (Å²) >= 11 is 5.85. The van der Waals surface area contributed by atoms with Crippen LogP contribution in [0.15, 0.2) is 47.8 Å². The standard InChI is InChI=1S/C12H10ClN5/c13-9-3-1-8(2-4-9)11-16-12(18-17-11)10-7-14-5-6-15-10/h1-7,11,17H,(H,16,18)/t11-/m1/s1. The Kier molecular flexibility index (Phi) is 2.92. The number of rotatable bonds is 2. The van der Waals surface area contributed by atoms with Crippen LogP contribution in [0.3, 0.4) is 0 Å². The maximum absolute atomic E-state index is 5.85. The summed E-state index contributed by atoms with van der Waals surface area (Å²) in [6, 6.07) is 7.55. The van der Waals surface area contributed by atoms with Crippen molar-refractivity contribution >= 4 is 17.4 Å². The second-order valence-corrected chi connectivity index (χ2v) is 4.23. The molecule has 2 aromatic rings. The first-order valence-corrected chi connectivity index (χ1v) is 5.82. The summed E-state index contributed by atoms with van der Waals surface area (Å²) in [5.41, 5.74) is 7.82. The zero-order valence-electron chi connectivity index (χ0n) is 9.34. The highest BCUT2D eigenvalue weighted by atomic mass is 35.5. The lowest BCUT2D eigenvalue weighted by molar-refractivity contribution is 0.575. The summed E-state index contributed by atoms with van der Waals surface area (Å²) < 4.78 is 0. The predicted octanol–water partition coefficient (Wildman–Crippen LogP) is 1.68. The van der Waals surface area contributed by atoms with E-state index in [1.165, 1.54) is 0 Å². The average Bonchev–Trinajstić information content (AvgIpc) is 2.90. The minimum Gasteiger partial charge on any atom is -0.302 e. The van der Waals surface area contributed by atoms with Crippen LogP contribution in [0.5, 0.6) is 0 Å². The maximum atomic E-state index is 5.85. The van der Waals surface area contributed by atoms with Gasteiger partial charge in [-0.05, 0) is 17.7 Å². The highest BCUT2D eigenvalue weighted by molar-refractivity contribution is 6.30. The fourth-order valence-electron chi connectivity index (χ4n) is 1.68. The molecule has 0 spiro atoms.